The summed E-state index contributed by atoms with van der Waals surface area (Å²) in [7, 11) is 0. The van der Waals surface area contributed by atoms with Crippen molar-refractivity contribution in [2.75, 3.05) is 6.54 Å². The summed E-state index contributed by atoms with van der Waals surface area (Å²) in [4.78, 5) is 19.7. The van der Waals surface area contributed by atoms with Crippen LogP contribution in [0.2, 0.25) is 0 Å². The lowest BCUT2D eigenvalue weighted by molar-refractivity contribution is -0.120. The van der Waals surface area contributed by atoms with Crippen molar-refractivity contribution in [2.24, 2.45) is 0 Å². The average Bonchev–Trinajstić information content (AvgIpc) is 2.72. The zero-order chi connectivity index (χ0) is 11.0. The van der Waals surface area contributed by atoms with Crippen LogP contribution in [0, 0.1) is 0 Å². The van der Waals surface area contributed by atoms with E-state index in [2.05, 4.69) is 15.3 Å². The Labute approximate surface area is 92.5 Å². The molecular weight excluding hydrogens is 204 g/mol. The van der Waals surface area contributed by atoms with Gasteiger partial charge in [-0.15, -0.1) is 0 Å². The normalized spacial score (nSPS) is 21.5. The fraction of sp³-hybridized carbons (Fsp3) is 0.364. The fourth-order valence-corrected chi connectivity index (χ4v) is 2.12. The number of aromatic nitrogens is 3. The minimum Gasteiger partial charge on any atom is -0.308 e. The van der Waals surface area contributed by atoms with Gasteiger partial charge in [-0.2, -0.15) is 0 Å². The second-order valence-electron chi connectivity index (χ2n) is 3.99. The van der Waals surface area contributed by atoms with Gasteiger partial charge < -0.3 is 5.32 Å². The molecule has 16 heavy (non-hydrogen) atoms. The van der Waals surface area contributed by atoms with Gasteiger partial charge in [0, 0.05) is 31.8 Å². The van der Waals surface area contributed by atoms with Crippen molar-refractivity contribution in [3.05, 3.63) is 30.5 Å². The third-order valence-corrected chi connectivity index (χ3v) is 2.93. The van der Waals surface area contributed by atoms with Crippen molar-refractivity contribution < 1.29 is 4.79 Å². The quantitative estimate of drug-likeness (QED) is 0.763. The van der Waals surface area contributed by atoms with Gasteiger partial charge in [-0.1, -0.05) is 0 Å². The van der Waals surface area contributed by atoms with Gasteiger partial charge in [0.15, 0.2) is 5.65 Å². The van der Waals surface area contributed by atoms with Gasteiger partial charge in [-0.25, -0.2) is 4.98 Å². The maximum absolute atomic E-state index is 11.4. The standard InChI is InChI=1S/C11H12N4O/c16-8-1-2-13-9(5-8)10-6-14-11-7-12-3-4-15(10)11/h3-4,6-7,9,13H,1-2,5H2. The minimum atomic E-state index is 0.0821. The lowest BCUT2D eigenvalue weighted by atomic mass is 10.0. The number of carbonyl (C=O) groups is 1. The molecule has 3 heterocycles. The fourth-order valence-electron chi connectivity index (χ4n) is 2.12. The number of rotatable bonds is 1. The molecule has 0 radical (unpaired) electrons. The Morgan fingerprint density at radius 2 is 2.38 bits per heavy atom. The van der Waals surface area contributed by atoms with Gasteiger partial charge in [0.25, 0.3) is 0 Å². The van der Waals surface area contributed by atoms with Crippen LogP contribution in [0.3, 0.4) is 0 Å². The molecule has 0 amide bonds. The Hall–Kier alpha value is -1.75. The molecule has 1 fully saturated rings. The van der Waals surface area contributed by atoms with E-state index in [0.717, 1.165) is 17.9 Å². The van der Waals surface area contributed by atoms with Crippen molar-refractivity contribution in [2.45, 2.75) is 18.9 Å². The van der Waals surface area contributed by atoms with Crippen molar-refractivity contribution in [1.29, 1.82) is 0 Å². The van der Waals surface area contributed by atoms with Gasteiger partial charge in [-0.3, -0.25) is 14.2 Å². The molecular formula is C11H12N4O. The molecule has 1 unspecified atom stereocenters. The molecule has 1 saturated heterocycles. The third kappa shape index (κ3) is 1.49. The summed E-state index contributed by atoms with van der Waals surface area (Å²) in [5.41, 5.74) is 1.85. The van der Waals surface area contributed by atoms with E-state index in [1.807, 2.05) is 16.8 Å². The third-order valence-electron chi connectivity index (χ3n) is 2.93. The van der Waals surface area contributed by atoms with Gasteiger partial charge in [-0.05, 0) is 0 Å². The Kier molecular flexibility index (Phi) is 2.18. The van der Waals surface area contributed by atoms with Crippen LogP contribution in [0.1, 0.15) is 24.6 Å². The molecule has 5 nitrogen and oxygen atoms in total. The van der Waals surface area contributed by atoms with E-state index in [4.69, 9.17) is 0 Å². The molecule has 0 saturated carbocycles. The number of carbonyl (C=O) groups excluding carboxylic acids is 1. The number of Topliss-reactive ketones (excluding diaryl/α,β-unsaturated/α-hetero) is 1. The van der Waals surface area contributed by atoms with Crippen LogP contribution in [-0.4, -0.2) is 26.7 Å². The highest BCUT2D eigenvalue weighted by molar-refractivity contribution is 5.80. The van der Waals surface area contributed by atoms with E-state index in [1.54, 1.807) is 12.4 Å². The maximum Gasteiger partial charge on any atom is 0.155 e. The summed E-state index contributed by atoms with van der Waals surface area (Å²) in [6, 6.07) is 0.0821. The predicted molar refractivity (Wildman–Crippen MR) is 58.0 cm³/mol. The lowest BCUT2D eigenvalue weighted by Crippen LogP contribution is -2.32. The van der Waals surface area contributed by atoms with Crippen LogP contribution in [0.4, 0.5) is 0 Å². The zero-order valence-corrected chi connectivity index (χ0v) is 8.76. The van der Waals surface area contributed by atoms with Crippen molar-refractivity contribution in [1.82, 2.24) is 19.7 Å². The number of hydrogen-bond donors (Lipinski definition) is 1. The predicted octanol–water partition coefficient (Wildman–Crippen LogP) is 0.723. The van der Waals surface area contributed by atoms with Gasteiger partial charge in [0.05, 0.1) is 24.1 Å². The molecule has 5 heteroatoms. The van der Waals surface area contributed by atoms with Crippen molar-refractivity contribution in [3.63, 3.8) is 0 Å². The highest BCUT2D eigenvalue weighted by Crippen LogP contribution is 2.21. The molecule has 2 aromatic heterocycles. The van der Waals surface area contributed by atoms with E-state index in [9.17, 15) is 4.79 Å². The topological polar surface area (TPSA) is 59.3 Å². The van der Waals surface area contributed by atoms with E-state index >= 15 is 0 Å². The first kappa shape index (κ1) is 9.47. The number of hydrogen-bond acceptors (Lipinski definition) is 4. The largest absolute Gasteiger partial charge is 0.308 e. The molecule has 82 valence electrons. The Morgan fingerprint density at radius 1 is 1.44 bits per heavy atom. The highest BCUT2D eigenvalue weighted by Gasteiger charge is 2.22. The summed E-state index contributed by atoms with van der Waals surface area (Å²) in [5, 5.41) is 3.34. The van der Waals surface area contributed by atoms with Crippen LogP contribution in [0.15, 0.2) is 24.8 Å². The van der Waals surface area contributed by atoms with Gasteiger partial charge in [0.2, 0.25) is 0 Å². The number of ketones is 1. The minimum absolute atomic E-state index is 0.0821. The first-order chi connectivity index (χ1) is 7.84. The second-order valence-corrected chi connectivity index (χ2v) is 3.99. The maximum atomic E-state index is 11.4. The SMILES string of the molecule is O=C1CCNC(c2cnc3cnccn23)C1. The number of nitrogens with zero attached hydrogens (tertiary/aromatic N) is 3. The summed E-state index contributed by atoms with van der Waals surface area (Å²) in [5.74, 6) is 0.313. The Balaban J connectivity index is 2.02. The Morgan fingerprint density at radius 3 is 3.25 bits per heavy atom. The van der Waals surface area contributed by atoms with Gasteiger partial charge in [0.1, 0.15) is 5.78 Å². The lowest BCUT2D eigenvalue weighted by Gasteiger charge is -2.22. The molecule has 3 rings (SSSR count). The van der Waals surface area contributed by atoms with Crippen LogP contribution < -0.4 is 5.32 Å². The van der Waals surface area contributed by atoms with E-state index in [1.165, 1.54) is 0 Å². The zero-order valence-electron chi connectivity index (χ0n) is 8.76. The van der Waals surface area contributed by atoms with Gasteiger partial charge >= 0.3 is 0 Å². The molecule has 2 aromatic rings. The van der Waals surface area contributed by atoms with E-state index in [0.29, 0.717) is 18.6 Å². The van der Waals surface area contributed by atoms with Crippen LogP contribution in [-0.2, 0) is 4.79 Å². The molecule has 1 atom stereocenters. The average molecular weight is 216 g/mol. The smallest absolute Gasteiger partial charge is 0.155 e. The number of fused-ring (bicyclic) bond motifs is 1. The summed E-state index contributed by atoms with van der Waals surface area (Å²) in [6.07, 6.45) is 8.31. The molecule has 1 aliphatic rings. The summed E-state index contributed by atoms with van der Waals surface area (Å²) >= 11 is 0. The summed E-state index contributed by atoms with van der Waals surface area (Å²) in [6.45, 7) is 0.752. The molecule has 1 N–H and O–H groups in total. The highest BCUT2D eigenvalue weighted by atomic mass is 16.1. The van der Waals surface area contributed by atoms with Crippen LogP contribution >= 0.6 is 0 Å². The van der Waals surface area contributed by atoms with Crippen LogP contribution in [0.5, 0.6) is 0 Å². The van der Waals surface area contributed by atoms with E-state index in [-0.39, 0.29) is 6.04 Å². The first-order valence-corrected chi connectivity index (χ1v) is 5.36. The van der Waals surface area contributed by atoms with Crippen molar-refractivity contribution >= 4 is 11.4 Å². The van der Waals surface area contributed by atoms with Crippen LogP contribution in [0.25, 0.3) is 5.65 Å². The molecule has 1 aliphatic heterocycles. The second kappa shape index (κ2) is 3.68. The van der Waals surface area contributed by atoms with E-state index < -0.39 is 0 Å². The summed E-state index contributed by atoms with van der Waals surface area (Å²) < 4.78 is 1.98. The molecule has 0 spiro atoms. The monoisotopic (exact) mass is 216 g/mol. The molecule has 0 bridgehead atoms. The molecule has 0 aliphatic carbocycles. The number of nitrogens with one attached hydrogen (secondary N) is 1. The number of piperidine rings is 1. The Bertz CT molecular complexity index is 534. The van der Waals surface area contributed by atoms with Crippen molar-refractivity contribution in [3.8, 4) is 0 Å². The number of imidazole rings is 1. The first-order valence-electron chi connectivity index (χ1n) is 5.36. The molecule has 0 aromatic carbocycles.